The second-order valence-electron chi connectivity index (χ2n) is 4.15. The number of nitrogens with zero attached hydrogens (tertiary/aromatic N) is 2. The van der Waals surface area contributed by atoms with Crippen molar-refractivity contribution in [3.8, 4) is 0 Å². The van der Waals surface area contributed by atoms with E-state index in [1.165, 1.54) is 10.0 Å². The van der Waals surface area contributed by atoms with Crippen LogP contribution in [0.5, 0.6) is 0 Å². The molecule has 102 valence electrons. The number of fused-ring (bicyclic) bond motifs is 1. The van der Waals surface area contributed by atoms with E-state index in [4.69, 9.17) is 0 Å². The lowest BCUT2D eigenvalue weighted by Crippen LogP contribution is -2.05. The highest BCUT2D eigenvalue weighted by molar-refractivity contribution is 7.83. The Balaban J connectivity index is 2.12. The molecule has 20 heavy (non-hydrogen) atoms. The topological polar surface area (TPSA) is 34.9 Å². The molecule has 1 unspecified atom stereocenters. The van der Waals surface area contributed by atoms with Gasteiger partial charge >= 0.3 is 0 Å². The molecule has 0 N–H and O–H groups in total. The summed E-state index contributed by atoms with van der Waals surface area (Å²) in [7, 11) is -1.50. The molecule has 0 bridgehead atoms. The van der Waals surface area contributed by atoms with E-state index < -0.39 is 17.4 Å². The standard InChI is InChI=1S/C14H10F2N2OS/c15-13(16)12-7-6-10-8-9-18(14(10)17-12)20(19)11-4-2-1-3-5-11/h1-9,13H. The normalized spacial score (nSPS) is 12.9. The molecule has 3 nitrogen and oxygen atoms in total. The summed E-state index contributed by atoms with van der Waals surface area (Å²) in [6, 6.07) is 13.4. The van der Waals surface area contributed by atoms with Gasteiger partial charge in [0.05, 0.1) is 4.90 Å². The Bertz CT molecular complexity index is 771. The molecule has 6 heteroatoms. The first-order valence-electron chi connectivity index (χ1n) is 5.90. The molecule has 0 spiro atoms. The zero-order valence-corrected chi connectivity index (χ0v) is 11.1. The molecular weight excluding hydrogens is 282 g/mol. The van der Waals surface area contributed by atoms with E-state index in [2.05, 4.69) is 4.98 Å². The fourth-order valence-corrected chi connectivity index (χ4v) is 3.00. The Morgan fingerprint density at radius 1 is 1.05 bits per heavy atom. The van der Waals surface area contributed by atoms with Crippen LogP contribution in [0.2, 0.25) is 0 Å². The first-order chi connectivity index (χ1) is 9.66. The van der Waals surface area contributed by atoms with E-state index in [0.29, 0.717) is 15.9 Å². The average Bonchev–Trinajstić information content (AvgIpc) is 2.90. The third-order valence-electron chi connectivity index (χ3n) is 2.87. The van der Waals surface area contributed by atoms with Crippen LogP contribution in [0.3, 0.4) is 0 Å². The molecule has 0 amide bonds. The number of aromatic nitrogens is 2. The minimum atomic E-state index is -2.65. The highest BCUT2D eigenvalue weighted by Gasteiger charge is 2.14. The van der Waals surface area contributed by atoms with Gasteiger partial charge in [-0.3, -0.25) is 0 Å². The van der Waals surface area contributed by atoms with Crippen molar-refractivity contribution in [3.05, 3.63) is 60.4 Å². The van der Waals surface area contributed by atoms with Gasteiger partial charge in [-0.2, -0.15) is 0 Å². The van der Waals surface area contributed by atoms with Gasteiger partial charge in [0.25, 0.3) is 6.43 Å². The molecule has 0 fully saturated rings. The van der Waals surface area contributed by atoms with Crippen molar-refractivity contribution in [3.63, 3.8) is 0 Å². The van der Waals surface area contributed by atoms with Gasteiger partial charge in [-0.05, 0) is 30.3 Å². The molecule has 3 rings (SSSR count). The third kappa shape index (κ3) is 2.22. The second kappa shape index (κ2) is 5.13. The molecule has 0 radical (unpaired) electrons. The first-order valence-corrected chi connectivity index (χ1v) is 7.01. The molecule has 0 aliphatic carbocycles. The van der Waals surface area contributed by atoms with Crippen molar-refractivity contribution in [2.45, 2.75) is 11.3 Å². The number of alkyl halides is 2. The zero-order valence-electron chi connectivity index (χ0n) is 10.2. The Morgan fingerprint density at radius 3 is 2.50 bits per heavy atom. The van der Waals surface area contributed by atoms with Crippen LogP contribution in [-0.4, -0.2) is 13.2 Å². The maximum absolute atomic E-state index is 12.7. The number of rotatable bonds is 3. The number of hydrogen-bond donors (Lipinski definition) is 0. The van der Waals surface area contributed by atoms with Crippen LogP contribution in [0.25, 0.3) is 11.0 Å². The second-order valence-corrected chi connectivity index (χ2v) is 5.52. The third-order valence-corrected chi connectivity index (χ3v) is 4.20. The molecular formula is C14H10F2N2OS. The van der Waals surface area contributed by atoms with E-state index in [0.717, 1.165) is 0 Å². The van der Waals surface area contributed by atoms with Gasteiger partial charge in [-0.1, -0.05) is 18.2 Å². The highest BCUT2D eigenvalue weighted by Crippen LogP contribution is 2.22. The van der Waals surface area contributed by atoms with E-state index in [1.807, 2.05) is 6.07 Å². The summed E-state index contributed by atoms with van der Waals surface area (Å²) in [6.07, 6.45) is -1.05. The molecule has 0 saturated carbocycles. The Labute approximate surface area is 116 Å². The quantitative estimate of drug-likeness (QED) is 0.740. The van der Waals surface area contributed by atoms with Crippen LogP contribution in [0.4, 0.5) is 8.78 Å². The van der Waals surface area contributed by atoms with Crippen molar-refractivity contribution in [2.24, 2.45) is 0 Å². The molecule has 1 aromatic carbocycles. The summed E-state index contributed by atoms with van der Waals surface area (Å²) in [6.45, 7) is 0. The number of halogens is 2. The minimum absolute atomic E-state index is 0.296. The Hall–Kier alpha value is -2.08. The molecule has 2 aromatic heterocycles. The summed E-state index contributed by atoms with van der Waals surface area (Å²) in [5.74, 6) is 0. The van der Waals surface area contributed by atoms with Gasteiger partial charge in [0.15, 0.2) is 16.6 Å². The fraction of sp³-hybridized carbons (Fsp3) is 0.0714. The predicted molar refractivity (Wildman–Crippen MR) is 72.9 cm³/mol. The monoisotopic (exact) mass is 292 g/mol. The maximum Gasteiger partial charge on any atom is 0.280 e. The van der Waals surface area contributed by atoms with Gasteiger partial charge in [-0.25, -0.2) is 21.9 Å². The Morgan fingerprint density at radius 2 is 1.80 bits per heavy atom. The largest absolute Gasteiger partial charge is 0.280 e. The van der Waals surface area contributed by atoms with Gasteiger partial charge in [0.1, 0.15) is 5.69 Å². The zero-order chi connectivity index (χ0) is 14.1. The average molecular weight is 292 g/mol. The van der Waals surface area contributed by atoms with Crippen LogP contribution in [0, 0.1) is 0 Å². The summed E-state index contributed by atoms with van der Waals surface area (Å²) in [5.41, 5.74) is -0.0208. The fourth-order valence-electron chi connectivity index (χ4n) is 1.90. The summed E-state index contributed by atoms with van der Waals surface area (Å²) >= 11 is 0. The molecule has 3 aromatic rings. The molecule has 0 aliphatic rings. The minimum Gasteiger partial charge on any atom is -0.246 e. The van der Waals surface area contributed by atoms with Gasteiger partial charge < -0.3 is 0 Å². The lowest BCUT2D eigenvalue weighted by Gasteiger charge is -2.05. The molecule has 0 saturated heterocycles. The summed E-state index contributed by atoms with van der Waals surface area (Å²) < 4.78 is 39.3. The van der Waals surface area contributed by atoms with E-state index in [-0.39, 0.29) is 5.69 Å². The van der Waals surface area contributed by atoms with Gasteiger partial charge in [0, 0.05) is 11.6 Å². The summed E-state index contributed by atoms with van der Waals surface area (Å²) in [4.78, 5) is 4.49. The molecule has 2 heterocycles. The van der Waals surface area contributed by atoms with Crippen molar-refractivity contribution in [1.82, 2.24) is 8.96 Å². The smallest absolute Gasteiger partial charge is 0.246 e. The Kier molecular flexibility index (Phi) is 3.31. The molecule has 0 aliphatic heterocycles. The molecule has 1 atom stereocenters. The number of benzene rings is 1. The van der Waals surface area contributed by atoms with E-state index >= 15 is 0 Å². The number of hydrogen-bond acceptors (Lipinski definition) is 2. The van der Waals surface area contributed by atoms with Crippen LogP contribution in [0.15, 0.2) is 59.6 Å². The predicted octanol–water partition coefficient (Wildman–Crippen LogP) is 3.54. The number of pyridine rings is 1. The van der Waals surface area contributed by atoms with Crippen LogP contribution in [-0.2, 0) is 11.0 Å². The highest BCUT2D eigenvalue weighted by atomic mass is 32.2. The van der Waals surface area contributed by atoms with E-state index in [9.17, 15) is 13.0 Å². The van der Waals surface area contributed by atoms with Crippen LogP contribution in [0.1, 0.15) is 12.1 Å². The van der Waals surface area contributed by atoms with Gasteiger partial charge in [-0.15, -0.1) is 0 Å². The van der Waals surface area contributed by atoms with Crippen molar-refractivity contribution >= 4 is 22.0 Å². The maximum atomic E-state index is 12.7. The first kappa shape index (κ1) is 12.9. The van der Waals surface area contributed by atoms with Crippen molar-refractivity contribution in [2.75, 3.05) is 0 Å². The van der Waals surface area contributed by atoms with Crippen molar-refractivity contribution in [1.29, 1.82) is 0 Å². The van der Waals surface area contributed by atoms with E-state index in [1.54, 1.807) is 42.6 Å². The van der Waals surface area contributed by atoms with Crippen LogP contribution >= 0.6 is 0 Å². The summed E-state index contributed by atoms with van der Waals surface area (Å²) in [5, 5.41) is 0.679. The lowest BCUT2D eigenvalue weighted by atomic mass is 10.3. The lowest BCUT2D eigenvalue weighted by molar-refractivity contribution is 0.146. The van der Waals surface area contributed by atoms with Crippen molar-refractivity contribution < 1.29 is 13.0 Å². The SMILES string of the molecule is O=S(c1ccccc1)n1ccc2ccc(C(F)F)nc21. The van der Waals surface area contributed by atoms with Gasteiger partial charge in [0.2, 0.25) is 0 Å². The van der Waals surface area contributed by atoms with Crippen LogP contribution < -0.4 is 0 Å².